The maximum Gasteiger partial charge on any atom is 0.277 e. The van der Waals surface area contributed by atoms with Gasteiger partial charge < -0.3 is 9.73 Å². The van der Waals surface area contributed by atoms with E-state index >= 15 is 0 Å². The highest BCUT2D eigenvalue weighted by atomic mass is 16.3. The lowest BCUT2D eigenvalue weighted by Crippen LogP contribution is -2.26. The van der Waals surface area contributed by atoms with Crippen molar-refractivity contribution in [2.24, 2.45) is 0 Å². The van der Waals surface area contributed by atoms with Crippen LogP contribution in [0.15, 0.2) is 94.3 Å². The lowest BCUT2D eigenvalue weighted by atomic mass is 9.96. The molecule has 0 amide bonds. The van der Waals surface area contributed by atoms with Crippen LogP contribution in [0.5, 0.6) is 0 Å². The number of nitrogens with zero attached hydrogens (tertiary/aromatic N) is 2. The third-order valence-electron chi connectivity index (χ3n) is 7.83. The van der Waals surface area contributed by atoms with Crippen LogP contribution in [0.3, 0.4) is 0 Å². The van der Waals surface area contributed by atoms with Gasteiger partial charge in [-0.15, -0.1) is 0 Å². The summed E-state index contributed by atoms with van der Waals surface area (Å²) in [6.45, 7) is 9.17. The van der Waals surface area contributed by atoms with Gasteiger partial charge in [0, 0.05) is 28.9 Å². The fraction of sp³-hybridized carbons (Fsp3) is 0.314. The van der Waals surface area contributed by atoms with E-state index < -0.39 is 0 Å². The smallest absolute Gasteiger partial charge is 0.277 e. The second kappa shape index (κ2) is 12.4. The number of unbranched alkanes of at least 4 members (excludes halogenated alkanes) is 2. The van der Waals surface area contributed by atoms with Gasteiger partial charge in [-0.3, -0.25) is 9.36 Å². The van der Waals surface area contributed by atoms with Gasteiger partial charge in [0.1, 0.15) is 22.7 Å². The zero-order valence-electron chi connectivity index (χ0n) is 24.0. The minimum absolute atomic E-state index is 0.0687. The zero-order chi connectivity index (χ0) is 28.1. The molecule has 0 radical (unpaired) electrons. The Labute approximate surface area is 236 Å². The van der Waals surface area contributed by atoms with Gasteiger partial charge in [0.25, 0.3) is 5.56 Å². The topological polar surface area (TPSA) is 60.1 Å². The summed E-state index contributed by atoms with van der Waals surface area (Å²) < 4.78 is 7.79. The predicted octanol–water partition coefficient (Wildman–Crippen LogP) is 9.24. The Morgan fingerprint density at radius 3 is 2.58 bits per heavy atom. The Morgan fingerprint density at radius 1 is 0.925 bits per heavy atom. The van der Waals surface area contributed by atoms with E-state index in [9.17, 15) is 4.79 Å². The van der Waals surface area contributed by atoms with Crippen LogP contribution < -0.4 is 10.9 Å². The molecule has 0 bridgehead atoms. The van der Waals surface area contributed by atoms with E-state index in [1.54, 1.807) is 10.8 Å². The monoisotopic (exact) mass is 533 g/mol. The average Bonchev–Trinajstić information content (AvgIpc) is 3.36. The van der Waals surface area contributed by atoms with Crippen LogP contribution in [0.4, 0.5) is 5.69 Å². The Bertz CT molecular complexity index is 1690. The van der Waals surface area contributed by atoms with Crippen molar-refractivity contribution in [2.75, 3.05) is 5.32 Å². The molecule has 2 aromatic heterocycles. The first-order valence-corrected chi connectivity index (χ1v) is 14.5. The fourth-order valence-electron chi connectivity index (χ4n) is 5.16. The predicted molar refractivity (Wildman–Crippen MR) is 167 cm³/mol. The number of allylic oxidation sites excluding steroid dienone is 2. The molecular formula is C35H39N3O2. The van der Waals surface area contributed by atoms with Crippen molar-refractivity contribution in [1.82, 2.24) is 9.55 Å². The second-order valence-corrected chi connectivity index (χ2v) is 10.7. The highest BCUT2D eigenvalue weighted by molar-refractivity contribution is 6.05. The Kier molecular flexibility index (Phi) is 8.49. The summed E-state index contributed by atoms with van der Waals surface area (Å²) in [5, 5.41) is 5.62. The molecule has 2 heterocycles. The average molecular weight is 534 g/mol. The van der Waals surface area contributed by atoms with Crippen molar-refractivity contribution in [3.05, 3.63) is 107 Å². The third kappa shape index (κ3) is 5.74. The molecule has 0 aliphatic rings. The number of hydrogen-bond donors (Lipinski definition) is 1. The van der Waals surface area contributed by atoms with Crippen LogP contribution >= 0.6 is 0 Å². The number of fused-ring (bicyclic) bond motifs is 3. The van der Waals surface area contributed by atoms with E-state index in [1.807, 2.05) is 30.3 Å². The van der Waals surface area contributed by atoms with Crippen LogP contribution in [-0.4, -0.2) is 9.55 Å². The quantitative estimate of drug-likeness (QED) is 0.136. The minimum atomic E-state index is -0.0966. The highest BCUT2D eigenvalue weighted by Gasteiger charge is 2.16. The second-order valence-electron chi connectivity index (χ2n) is 10.7. The van der Waals surface area contributed by atoms with Crippen LogP contribution in [0.25, 0.3) is 33.3 Å². The normalized spacial score (nSPS) is 13.3. The molecule has 0 saturated heterocycles. The van der Waals surface area contributed by atoms with E-state index in [1.165, 1.54) is 5.56 Å². The van der Waals surface area contributed by atoms with Crippen molar-refractivity contribution in [3.8, 4) is 11.4 Å². The van der Waals surface area contributed by atoms with Crippen molar-refractivity contribution >= 4 is 27.6 Å². The van der Waals surface area contributed by atoms with Crippen molar-refractivity contribution in [1.29, 1.82) is 0 Å². The van der Waals surface area contributed by atoms with E-state index in [4.69, 9.17) is 9.40 Å². The van der Waals surface area contributed by atoms with Gasteiger partial charge in [-0.25, -0.2) is 4.98 Å². The summed E-state index contributed by atoms with van der Waals surface area (Å²) >= 11 is 0. The molecule has 2 unspecified atom stereocenters. The third-order valence-corrected chi connectivity index (χ3v) is 7.83. The lowest BCUT2D eigenvalue weighted by Gasteiger charge is -2.18. The van der Waals surface area contributed by atoms with Crippen molar-refractivity contribution < 1.29 is 4.42 Å². The largest absolute Gasteiger partial charge is 0.456 e. The first-order chi connectivity index (χ1) is 19.5. The number of nitrogens with one attached hydrogen (secondary N) is 1. The zero-order valence-corrected chi connectivity index (χ0v) is 24.0. The molecule has 0 fully saturated rings. The van der Waals surface area contributed by atoms with E-state index in [0.717, 1.165) is 58.7 Å². The molecule has 206 valence electrons. The molecule has 3 aromatic carbocycles. The summed E-state index contributed by atoms with van der Waals surface area (Å²) in [6.07, 6.45) is 10.3. The number of hydrogen-bond acceptors (Lipinski definition) is 4. The molecule has 5 heteroatoms. The molecule has 0 saturated carbocycles. The van der Waals surface area contributed by atoms with Gasteiger partial charge in [0.05, 0.1) is 6.20 Å². The molecule has 1 N–H and O–H groups in total. The molecule has 5 rings (SSSR count). The van der Waals surface area contributed by atoms with E-state index in [-0.39, 0.29) is 11.6 Å². The maximum absolute atomic E-state index is 13.9. The van der Waals surface area contributed by atoms with Crippen molar-refractivity contribution in [2.45, 2.75) is 71.9 Å². The Morgan fingerprint density at radius 2 is 1.75 bits per heavy atom. The summed E-state index contributed by atoms with van der Waals surface area (Å²) in [6, 6.07) is 22.6. The molecule has 40 heavy (non-hydrogen) atoms. The van der Waals surface area contributed by atoms with Crippen LogP contribution in [0.1, 0.15) is 76.5 Å². The standard InChI is InChI=1S/C35H39N3O2/c1-5-7-8-9-12-20-38-34(28-15-13-14-26(21-28)24(3)6-2)36-23-31(35(38)39)37-25(4)27-18-19-33-30(22-27)29-16-10-11-17-32(29)40-33/h9-19,21-25,37H,5-8,20H2,1-4H3/b12-9+. The van der Waals surface area contributed by atoms with Crippen LogP contribution in [-0.2, 0) is 6.54 Å². The van der Waals surface area contributed by atoms with Gasteiger partial charge in [0.15, 0.2) is 0 Å². The van der Waals surface area contributed by atoms with Gasteiger partial charge in [-0.1, -0.05) is 88.2 Å². The number of para-hydroxylation sites is 1. The van der Waals surface area contributed by atoms with Gasteiger partial charge in [-0.2, -0.15) is 0 Å². The molecule has 0 spiro atoms. The number of anilines is 1. The first kappa shape index (κ1) is 27.4. The van der Waals surface area contributed by atoms with Gasteiger partial charge >= 0.3 is 0 Å². The number of benzene rings is 3. The highest BCUT2D eigenvalue weighted by Crippen LogP contribution is 2.31. The molecule has 0 aliphatic heterocycles. The summed E-state index contributed by atoms with van der Waals surface area (Å²) in [5.41, 5.74) is 5.47. The summed E-state index contributed by atoms with van der Waals surface area (Å²) in [7, 11) is 0. The number of rotatable bonds is 11. The van der Waals surface area contributed by atoms with Crippen molar-refractivity contribution in [3.63, 3.8) is 0 Å². The maximum atomic E-state index is 13.9. The van der Waals surface area contributed by atoms with Crippen LogP contribution in [0, 0.1) is 0 Å². The lowest BCUT2D eigenvalue weighted by molar-refractivity contribution is 0.668. The molecule has 2 atom stereocenters. The fourth-order valence-corrected chi connectivity index (χ4v) is 5.16. The minimum Gasteiger partial charge on any atom is -0.456 e. The molecule has 0 aliphatic carbocycles. The molecule has 5 aromatic rings. The SMILES string of the molecule is CCCC/C=C/Cn1c(-c2cccc(C(C)CC)c2)ncc(NC(C)c2ccc3oc4ccccc4c3c2)c1=O. The van der Waals surface area contributed by atoms with Gasteiger partial charge in [-0.05, 0) is 61.1 Å². The van der Waals surface area contributed by atoms with E-state index in [2.05, 4.69) is 81.6 Å². The summed E-state index contributed by atoms with van der Waals surface area (Å²) in [5.74, 6) is 1.14. The summed E-state index contributed by atoms with van der Waals surface area (Å²) in [4.78, 5) is 18.7. The Balaban J connectivity index is 1.48. The van der Waals surface area contributed by atoms with E-state index in [0.29, 0.717) is 24.0 Å². The van der Waals surface area contributed by atoms with Crippen LogP contribution in [0.2, 0.25) is 0 Å². The van der Waals surface area contributed by atoms with Gasteiger partial charge in [0.2, 0.25) is 0 Å². The molecular weight excluding hydrogens is 494 g/mol. The number of furan rings is 1. The first-order valence-electron chi connectivity index (χ1n) is 14.5. The number of aromatic nitrogens is 2. The molecule has 5 nitrogen and oxygen atoms in total. The Hall–Kier alpha value is -4.12.